The summed E-state index contributed by atoms with van der Waals surface area (Å²) in [5.74, 6) is 0.144. The molecule has 1 N–H and O–H groups in total. The number of carbonyl (C=O) groups is 2. The Hall–Kier alpha value is -3.81. The molecule has 3 aromatic rings. The maximum atomic E-state index is 13.2. The van der Waals surface area contributed by atoms with Gasteiger partial charge in [0, 0.05) is 31.3 Å². The summed E-state index contributed by atoms with van der Waals surface area (Å²) in [6.45, 7) is 3.36. The van der Waals surface area contributed by atoms with E-state index in [2.05, 4.69) is 15.0 Å². The number of allylic oxidation sites excluding steroid dienone is 1. The average molecular weight is 473 g/mol. The number of aromatic nitrogens is 3. The highest BCUT2D eigenvalue weighted by atomic mass is 16.5. The van der Waals surface area contributed by atoms with Crippen molar-refractivity contribution in [2.45, 2.75) is 32.6 Å². The van der Waals surface area contributed by atoms with Crippen molar-refractivity contribution in [1.82, 2.24) is 15.0 Å². The van der Waals surface area contributed by atoms with Gasteiger partial charge in [0.25, 0.3) is 5.56 Å². The zero-order valence-electron chi connectivity index (χ0n) is 19.7. The monoisotopic (exact) mass is 472 g/mol. The minimum absolute atomic E-state index is 0.00165. The lowest BCUT2D eigenvalue weighted by atomic mass is 9.82. The van der Waals surface area contributed by atoms with Gasteiger partial charge in [-0.15, -0.1) is 0 Å². The van der Waals surface area contributed by atoms with E-state index in [0.29, 0.717) is 67.9 Å². The number of anilines is 1. The standard InChI is InChI=1S/C27H28N4O4/c1-2-35-26(34)19-10-12-31(13-11-19)27-29-24-23(25(33)30-27)20-14-18(15-22(32)21(20)16-28-24)9-8-17-6-4-3-5-7-17/h3-9,16,18-19H,2,10-15H2,1H3,(H,28,29,30,33)/b9-8+. The third-order valence-electron chi connectivity index (χ3n) is 6.82. The molecule has 8 nitrogen and oxygen atoms in total. The molecule has 1 unspecified atom stereocenters. The number of fused-ring (bicyclic) bond motifs is 3. The van der Waals surface area contributed by atoms with Crippen molar-refractivity contribution in [3.63, 3.8) is 0 Å². The first-order chi connectivity index (χ1) is 17.0. The average Bonchev–Trinajstić information content (AvgIpc) is 2.88. The molecule has 1 aromatic carbocycles. The smallest absolute Gasteiger partial charge is 0.309 e. The molecule has 8 heteroatoms. The molecule has 0 spiro atoms. The molecule has 5 rings (SSSR count). The summed E-state index contributed by atoms with van der Waals surface area (Å²) in [5.41, 5.74) is 2.35. The molecule has 0 bridgehead atoms. The molecule has 0 radical (unpaired) electrons. The number of piperidine rings is 1. The van der Waals surface area contributed by atoms with Gasteiger partial charge in [0.1, 0.15) is 0 Å². The number of hydrogen-bond donors (Lipinski definition) is 1. The number of carbonyl (C=O) groups excluding carboxylic acids is 2. The first kappa shape index (κ1) is 23.0. The molecular formula is C27H28N4O4. The molecule has 1 aliphatic heterocycles. The van der Waals surface area contributed by atoms with Gasteiger partial charge in [-0.05, 0) is 43.2 Å². The Balaban J connectivity index is 1.40. The van der Waals surface area contributed by atoms with Crippen LogP contribution in [0.4, 0.5) is 5.95 Å². The third-order valence-corrected chi connectivity index (χ3v) is 6.82. The van der Waals surface area contributed by atoms with Gasteiger partial charge in [0.2, 0.25) is 5.95 Å². The largest absolute Gasteiger partial charge is 0.466 e. The predicted molar refractivity (Wildman–Crippen MR) is 133 cm³/mol. The number of benzene rings is 1. The quantitative estimate of drug-likeness (QED) is 0.566. The Morgan fingerprint density at radius 1 is 1.17 bits per heavy atom. The van der Waals surface area contributed by atoms with E-state index in [0.717, 1.165) is 11.1 Å². The molecule has 1 fully saturated rings. The van der Waals surface area contributed by atoms with Crippen molar-refractivity contribution in [1.29, 1.82) is 0 Å². The molecule has 180 valence electrons. The summed E-state index contributed by atoms with van der Waals surface area (Å²) in [6, 6.07) is 9.94. The van der Waals surface area contributed by atoms with Crippen molar-refractivity contribution < 1.29 is 14.3 Å². The van der Waals surface area contributed by atoms with E-state index in [4.69, 9.17) is 4.74 Å². The topological polar surface area (TPSA) is 105 Å². The van der Waals surface area contributed by atoms with Crippen LogP contribution in [0.1, 0.15) is 47.7 Å². The van der Waals surface area contributed by atoms with Crippen molar-refractivity contribution in [3.05, 3.63) is 69.6 Å². The van der Waals surface area contributed by atoms with Crippen LogP contribution in [0.25, 0.3) is 17.1 Å². The molecular weight excluding hydrogens is 444 g/mol. The predicted octanol–water partition coefficient (Wildman–Crippen LogP) is 3.56. The number of aromatic amines is 1. The number of ether oxygens (including phenoxy) is 1. The highest BCUT2D eigenvalue weighted by molar-refractivity contribution is 6.02. The second-order valence-corrected chi connectivity index (χ2v) is 9.11. The number of nitrogens with zero attached hydrogens (tertiary/aromatic N) is 3. The normalized spacial score (nSPS) is 18.7. The summed E-state index contributed by atoms with van der Waals surface area (Å²) < 4.78 is 5.14. The maximum absolute atomic E-state index is 13.2. The lowest BCUT2D eigenvalue weighted by Gasteiger charge is -2.31. The van der Waals surface area contributed by atoms with Gasteiger partial charge in [-0.1, -0.05) is 42.5 Å². The van der Waals surface area contributed by atoms with Crippen LogP contribution >= 0.6 is 0 Å². The number of hydrogen-bond acceptors (Lipinski definition) is 7. The highest BCUT2D eigenvalue weighted by Gasteiger charge is 2.30. The van der Waals surface area contributed by atoms with Crippen LogP contribution in [0.5, 0.6) is 0 Å². The lowest BCUT2D eigenvalue weighted by Crippen LogP contribution is -2.38. The van der Waals surface area contributed by atoms with E-state index in [-0.39, 0.29) is 29.1 Å². The summed E-state index contributed by atoms with van der Waals surface area (Å²) in [5, 5.41) is 0.388. The van der Waals surface area contributed by atoms with Gasteiger partial charge in [0.15, 0.2) is 11.4 Å². The molecule has 3 heterocycles. The number of nitrogens with one attached hydrogen (secondary N) is 1. The Bertz CT molecular complexity index is 1340. The van der Waals surface area contributed by atoms with Crippen LogP contribution in [0.2, 0.25) is 0 Å². The highest BCUT2D eigenvalue weighted by Crippen LogP contribution is 2.30. The molecule has 0 saturated carbocycles. The molecule has 35 heavy (non-hydrogen) atoms. The van der Waals surface area contributed by atoms with E-state index in [1.807, 2.05) is 47.4 Å². The van der Waals surface area contributed by atoms with Gasteiger partial charge in [-0.2, -0.15) is 4.98 Å². The van der Waals surface area contributed by atoms with E-state index in [1.165, 1.54) is 0 Å². The number of ketones is 1. The van der Waals surface area contributed by atoms with Crippen LogP contribution in [0, 0.1) is 11.8 Å². The molecule has 1 aliphatic carbocycles. The number of pyridine rings is 1. The SMILES string of the molecule is CCOC(=O)C1CCN(c2nc3ncc4c(c3c(=O)[nH]2)CC(/C=C/c2ccccc2)CC4=O)CC1. The lowest BCUT2D eigenvalue weighted by molar-refractivity contribution is -0.148. The molecule has 1 atom stereocenters. The van der Waals surface area contributed by atoms with Gasteiger partial charge in [-0.3, -0.25) is 19.4 Å². The Morgan fingerprint density at radius 3 is 2.69 bits per heavy atom. The summed E-state index contributed by atoms with van der Waals surface area (Å²) >= 11 is 0. The number of rotatable bonds is 5. The number of H-pyrrole nitrogens is 1. The van der Waals surface area contributed by atoms with E-state index in [9.17, 15) is 14.4 Å². The molecule has 2 aliphatic rings. The van der Waals surface area contributed by atoms with Crippen molar-refractivity contribution in [2.24, 2.45) is 11.8 Å². The Kier molecular flexibility index (Phi) is 6.44. The van der Waals surface area contributed by atoms with Crippen molar-refractivity contribution >= 4 is 34.8 Å². The van der Waals surface area contributed by atoms with Gasteiger partial charge in [0.05, 0.1) is 17.9 Å². The zero-order chi connectivity index (χ0) is 24.4. The van der Waals surface area contributed by atoms with Crippen LogP contribution in [-0.4, -0.2) is 46.4 Å². The molecule has 2 aromatic heterocycles. The Labute approximate surface area is 203 Å². The fourth-order valence-corrected chi connectivity index (χ4v) is 4.97. The fraction of sp³-hybridized carbons (Fsp3) is 0.370. The maximum Gasteiger partial charge on any atom is 0.309 e. The van der Waals surface area contributed by atoms with Crippen molar-refractivity contribution in [3.8, 4) is 0 Å². The fourth-order valence-electron chi connectivity index (χ4n) is 4.97. The minimum Gasteiger partial charge on any atom is -0.466 e. The second kappa shape index (κ2) is 9.82. The van der Waals surface area contributed by atoms with Gasteiger partial charge >= 0.3 is 5.97 Å². The summed E-state index contributed by atoms with van der Waals surface area (Å²) in [6.07, 6.45) is 7.88. The van der Waals surface area contributed by atoms with Crippen LogP contribution < -0.4 is 10.5 Å². The zero-order valence-corrected chi connectivity index (χ0v) is 19.7. The number of Topliss-reactive ketones (excluding diaryl/α,β-unsaturated/α-hetero) is 1. The molecule has 1 saturated heterocycles. The van der Waals surface area contributed by atoms with Crippen molar-refractivity contribution in [2.75, 3.05) is 24.6 Å². The third kappa shape index (κ3) is 4.73. The summed E-state index contributed by atoms with van der Waals surface area (Å²) in [4.78, 5) is 52.0. The summed E-state index contributed by atoms with van der Waals surface area (Å²) in [7, 11) is 0. The van der Waals surface area contributed by atoms with Gasteiger partial charge in [-0.25, -0.2) is 4.98 Å². The number of esters is 1. The van der Waals surface area contributed by atoms with E-state index < -0.39 is 0 Å². The van der Waals surface area contributed by atoms with Crippen LogP contribution in [-0.2, 0) is 16.0 Å². The van der Waals surface area contributed by atoms with Gasteiger partial charge < -0.3 is 9.64 Å². The second-order valence-electron chi connectivity index (χ2n) is 9.11. The minimum atomic E-state index is -0.289. The molecule has 0 amide bonds. The van der Waals surface area contributed by atoms with Crippen LogP contribution in [0.3, 0.4) is 0 Å². The first-order valence-electron chi connectivity index (χ1n) is 12.1. The van der Waals surface area contributed by atoms with Crippen LogP contribution in [0.15, 0.2) is 47.4 Å². The van der Waals surface area contributed by atoms with E-state index >= 15 is 0 Å². The Morgan fingerprint density at radius 2 is 1.94 bits per heavy atom. The van der Waals surface area contributed by atoms with E-state index in [1.54, 1.807) is 13.1 Å². The first-order valence-corrected chi connectivity index (χ1v) is 12.1.